The maximum atomic E-state index is 12.5. The number of aromatic nitrogens is 2. The minimum absolute atomic E-state index is 0.0246. The van der Waals surface area contributed by atoms with Gasteiger partial charge in [-0.2, -0.15) is 0 Å². The Kier molecular flexibility index (Phi) is 4.38. The summed E-state index contributed by atoms with van der Waals surface area (Å²) in [6, 6.07) is 3.83. The first-order valence-electron chi connectivity index (χ1n) is 7.89. The Bertz CT molecular complexity index is 724. The van der Waals surface area contributed by atoms with Crippen LogP contribution in [-0.4, -0.2) is 53.8 Å². The van der Waals surface area contributed by atoms with E-state index in [2.05, 4.69) is 20.4 Å². The fraction of sp³-hybridized carbons (Fsp3) is 0.533. The fourth-order valence-corrected chi connectivity index (χ4v) is 4.61. The van der Waals surface area contributed by atoms with E-state index in [-0.39, 0.29) is 11.9 Å². The van der Waals surface area contributed by atoms with Crippen LogP contribution < -0.4 is 14.8 Å². The molecule has 0 spiro atoms. The van der Waals surface area contributed by atoms with Gasteiger partial charge >= 0.3 is 5.19 Å². The van der Waals surface area contributed by atoms with E-state index in [0.29, 0.717) is 26.2 Å². The van der Waals surface area contributed by atoms with Crippen LogP contribution in [0.15, 0.2) is 12.1 Å². The fourth-order valence-electron chi connectivity index (χ4n) is 3.27. The molecule has 5 heterocycles. The van der Waals surface area contributed by atoms with E-state index in [4.69, 9.17) is 9.47 Å². The number of piperidine rings is 3. The van der Waals surface area contributed by atoms with Gasteiger partial charge in [-0.3, -0.25) is 4.79 Å². The third-order valence-corrected chi connectivity index (χ3v) is 6.25. The summed E-state index contributed by atoms with van der Waals surface area (Å²) >= 11 is 2.53. The largest absolute Gasteiger partial charge is 0.472 e. The summed E-state index contributed by atoms with van der Waals surface area (Å²) in [6.07, 6.45) is 2.37. The van der Waals surface area contributed by atoms with Crippen molar-refractivity contribution in [3.05, 3.63) is 17.0 Å². The lowest BCUT2D eigenvalue weighted by Crippen LogP contribution is -2.57. The lowest BCUT2D eigenvalue weighted by molar-refractivity contribution is 0.0622. The molecule has 9 heteroatoms. The van der Waals surface area contributed by atoms with Crippen molar-refractivity contribution in [2.45, 2.75) is 18.9 Å². The van der Waals surface area contributed by atoms with E-state index in [9.17, 15) is 4.79 Å². The molecule has 0 aromatic carbocycles. The standard InChI is InChI=1S/C15H18N4O3S2/c1-21-14-17-18-15(24-14)22-12-3-2-11(23-12)13(20)16-10-8-19-6-4-9(10)5-7-19/h2-3,9-10H,4-8H2,1H3,(H,16,20)/t10-/m0/s1. The highest BCUT2D eigenvalue weighted by Gasteiger charge is 2.35. The number of rotatable bonds is 5. The smallest absolute Gasteiger partial charge is 0.303 e. The maximum Gasteiger partial charge on any atom is 0.303 e. The molecule has 3 fully saturated rings. The van der Waals surface area contributed by atoms with E-state index >= 15 is 0 Å². The molecule has 2 aromatic rings. The zero-order valence-corrected chi connectivity index (χ0v) is 14.9. The van der Waals surface area contributed by atoms with Crippen molar-refractivity contribution in [3.63, 3.8) is 0 Å². The van der Waals surface area contributed by atoms with E-state index in [1.807, 2.05) is 0 Å². The van der Waals surface area contributed by atoms with Gasteiger partial charge in [0.15, 0.2) is 5.06 Å². The monoisotopic (exact) mass is 366 g/mol. The molecule has 0 radical (unpaired) electrons. The number of methoxy groups -OCH3 is 1. The summed E-state index contributed by atoms with van der Waals surface area (Å²) < 4.78 is 10.6. The highest BCUT2D eigenvalue weighted by atomic mass is 32.1. The number of carbonyl (C=O) groups excluding carboxylic acids is 1. The van der Waals surface area contributed by atoms with Crippen LogP contribution in [-0.2, 0) is 0 Å². The highest BCUT2D eigenvalue weighted by Crippen LogP contribution is 2.33. The van der Waals surface area contributed by atoms with E-state index in [1.165, 1.54) is 55.7 Å². The lowest BCUT2D eigenvalue weighted by Gasteiger charge is -2.44. The molecule has 5 rings (SSSR count). The van der Waals surface area contributed by atoms with Gasteiger partial charge in [0.25, 0.3) is 11.1 Å². The first-order chi connectivity index (χ1) is 11.7. The van der Waals surface area contributed by atoms with Gasteiger partial charge in [0.2, 0.25) is 0 Å². The molecule has 3 aliphatic heterocycles. The summed E-state index contributed by atoms with van der Waals surface area (Å²) in [7, 11) is 1.53. The lowest BCUT2D eigenvalue weighted by atomic mass is 9.84. The molecule has 1 atom stereocenters. The van der Waals surface area contributed by atoms with E-state index < -0.39 is 0 Å². The van der Waals surface area contributed by atoms with Crippen LogP contribution in [0.2, 0.25) is 0 Å². The van der Waals surface area contributed by atoms with Crippen LogP contribution in [0.25, 0.3) is 0 Å². The van der Waals surface area contributed by atoms with Crippen molar-refractivity contribution in [1.82, 2.24) is 20.4 Å². The van der Waals surface area contributed by atoms with Gasteiger partial charge in [0.05, 0.1) is 12.0 Å². The number of fused-ring (bicyclic) bond motifs is 3. The zero-order valence-electron chi connectivity index (χ0n) is 13.2. The Morgan fingerprint density at radius 3 is 2.71 bits per heavy atom. The Balaban J connectivity index is 1.38. The predicted octanol–water partition coefficient (Wildman–Crippen LogP) is 2.22. The normalized spacial score (nSPS) is 25.5. The molecule has 7 nitrogen and oxygen atoms in total. The minimum Gasteiger partial charge on any atom is -0.472 e. The number of amides is 1. The number of nitrogens with zero attached hydrogens (tertiary/aromatic N) is 3. The zero-order chi connectivity index (χ0) is 16.5. The van der Waals surface area contributed by atoms with Crippen LogP contribution in [0.3, 0.4) is 0 Å². The second-order valence-electron chi connectivity index (χ2n) is 5.98. The first kappa shape index (κ1) is 15.8. The van der Waals surface area contributed by atoms with Gasteiger partial charge in [0, 0.05) is 12.6 Å². The van der Waals surface area contributed by atoms with Crippen molar-refractivity contribution >= 4 is 28.6 Å². The molecule has 3 aliphatic rings. The Hall–Kier alpha value is -1.71. The molecule has 0 aliphatic carbocycles. The van der Waals surface area contributed by atoms with Crippen molar-refractivity contribution < 1.29 is 14.3 Å². The summed E-state index contributed by atoms with van der Waals surface area (Å²) in [4.78, 5) is 15.6. The quantitative estimate of drug-likeness (QED) is 0.874. The number of ether oxygens (including phenoxy) is 2. The van der Waals surface area contributed by atoms with Gasteiger partial charge in [-0.25, -0.2) is 0 Å². The summed E-state index contributed by atoms with van der Waals surface area (Å²) in [5.41, 5.74) is 0. The van der Waals surface area contributed by atoms with E-state index in [0.717, 1.165) is 6.54 Å². The number of hydrogen-bond donors (Lipinski definition) is 1. The van der Waals surface area contributed by atoms with Crippen LogP contribution in [0.5, 0.6) is 15.5 Å². The predicted molar refractivity (Wildman–Crippen MR) is 91.3 cm³/mol. The average Bonchev–Trinajstić information content (AvgIpc) is 3.26. The maximum absolute atomic E-state index is 12.5. The SMILES string of the molecule is COc1nnc(Oc2ccc(C(=O)N[C@H]3CN4CCC3CC4)s2)s1. The summed E-state index contributed by atoms with van der Waals surface area (Å²) in [6.45, 7) is 3.30. The second kappa shape index (κ2) is 6.66. The summed E-state index contributed by atoms with van der Waals surface area (Å²) in [5.74, 6) is 0.590. The minimum atomic E-state index is -0.0246. The highest BCUT2D eigenvalue weighted by molar-refractivity contribution is 7.16. The summed E-state index contributed by atoms with van der Waals surface area (Å²) in [5, 5.41) is 12.3. The molecular weight excluding hydrogens is 348 g/mol. The van der Waals surface area contributed by atoms with Gasteiger partial charge < -0.3 is 19.7 Å². The molecule has 0 saturated carbocycles. The number of nitrogens with one attached hydrogen (secondary N) is 1. The molecular formula is C15H18N4O3S2. The molecule has 1 amide bonds. The number of thiophene rings is 1. The molecule has 24 heavy (non-hydrogen) atoms. The van der Waals surface area contributed by atoms with Gasteiger partial charge in [-0.05, 0) is 55.3 Å². The number of carbonyl (C=O) groups is 1. The third kappa shape index (κ3) is 3.24. The van der Waals surface area contributed by atoms with Gasteiger partial charge in [-0.1, -0.05) is 21.5 Å². The van der Waals surface area contributed by atoms with Crippen molar-refractivity contribution in [2.75, 3.05) is 26.7 Å². The average molecular weight is 366 g/mol. The van der Waals surface area contributed by atoms with Crippen LogP contribution >= 0.6 is 22.7 Å². The van der Waals surface area contributed by atoms with Crippen LogP contribution in [0.4, 0.5) is 0 Å². The molecule has 128 valence electrons. The van der Waals surface area contributed by atoms with Crippen molar-refractivity contribution in [2.24, 2.45) is 5.92 Å². The number of hydrogen-bond acceptors (Lipinski definition) is 8. The van der Waals surface area contributed by atoms with Crippen molar-refractivity contribution in [3.8, 4) is 15.5 Å². The topological polar surface area (TPSA) is 76.6 Å². The Morgan fingerprint density at radius 2 is 2.04 bits per heavy atom. The molecule has 0 unspecified atom stereocenters. The van der Waals surface area contributed by atoms with Gasteiger partial charge in [-0.15, -0.1) is 0 Å². The third-order valence-electron chi connectivity index (χ3n) is 4.53. The molecule has 2 aromatic heterocycles. The molecule has 2 bridgehead atoms. The van der Waals surface area contributed by atoms with Crippen molar-refractivity contribution in [1.29, 1.82) is 0 Å². The van der Waals surface area contributed by atoms with Crippen LogP contribution in [0, 0.1) is 5.92 Å². The van der Waals surface area contributed by atoms with Crippen LogP contribution in [0.1, 0.15) is 22.5 Å². The Morgan fingerprint density at radius 1 is 1.25 bits per heavy atom. The first-order valence-corrected chi connectivity index (χ1v) is 9.53. The van der Waals surface area contributed by atoms with Gasteiger partial charge in [0.1, 0.15) is 0 Å². The second-order valence-corrected chi connectivity index (χ2v) is 7.93. The molecule has 3 saturated heterocycles. The van der Waals surface area contributed by atoms with E-state index in [1.54, 1.807) is 12.1 Å². The molecule has 1 N–H and O–H groups in total. The Labute approximate surface area is 147 Å².